The molecule has 9 heteroatoms. The Morgan fingerprint density at radius 3 is 2.26 bits per heavy atom. The number of hydrogen-bond acceptors (Lipinski definition) is 7. The van der Waals surface area contributed by atoms with Gasteiger partial charge >= 0.3 is 5.97 Å². The van der Waals surface area contributed by atoms with Crippen LogP contribution in [0.3, 0.4) is 0 Å². The van der Waals surface area contributed by atoms with Crippen LogP contribution in [0.2, 0.25) is 0 Å². The summed E-state index contributed by atoms with van der Waals surface area (Å²) >= 11 is 0. The number of para-hydroxylation sites is 2. The molecule has 0 fully saturated rings. The van der Waals surface area contributed by atoms with Crippen LogP contribution in [-0.2, 0) is 20.7 Å². The summed E-state index contributed by atoms with van der Waals surface area (Å²) in [5, 5.41) is 0. The largest absolute Gasteiger partial charge is 0.496 e. The first-order valence-electron chi connectivity index (χ1n) is 12.8. The number of aromatic nitrogens is 2. The number of fused-ring (bicyclic) bond motifs is 3. The van der Waals surface area contributed by atoms with Gasteiger partial charge in [-0.05, 0) is 37.1 Å². The zero-order valence-corrected chi connectivity index (χ0v) is 22.4. The van der Waals surface area contributed by atoms with Gasteiger partial charge in [-0.2, -0.15) is 0 Å². The molecule has 2 heterocycles. The molecule has 1 aromatic heterocycles. The van der Waals surface area contributed by atoms with E-state index in [1.54, 1.807) is 24.0 Å². The number of hydrogen-bond donors (Lipinski definition) is 0. The molecule has 5 rings (SSSR count). The van der Waals surface area contributed by atoms with Crippen molar-refractivity contribution in [3.63, 3.8) is 0 Å². The number of amides is 1. The monoisotopic (exact) mass is 529 g/mol. The predicted octanol–water partition coefficient (Wildman–Crippen LogP) is 4.42. The van der Waals surface area contributed by atoms with Gasteiger partial charge in [-0.25, -0.2) is 4.98 Å². The Hall–Kier alpha value is -4.53. The lowest BCUT2D eigenvalue weighted by Gasteiger charge is -2.38. The van der Waals surface area contributed by atoms with Crippen LogP contribution in [0.15, 0.2) is 66.7 Å². The topological polar surface area (TPSA) is 92.1 Å². The quantitative estimate of drug-likeness (QED) is 0.234. The standard InChI is InChI=1S/C30H31N3O6/c1-5-39-29(35)26-27(20-17-24(37-3)25(38-4)18-23(20)36-2)33-22-14-10-9-13-21(22)31-30(33)32(28(26)34)16-15-19-11-7-6-8-12-19/h6-14,17-18,26-27H,5,15-16H2,1-4H3/t26-,27+/m1/s1. The number of nitrogens with zero attached hydrogens (tertiary/aromatic N) is 3. The number of benzene rings is 3. The Labute approximate surface area is 226 Å². The molecule has 1 amide bonds. The molecule has 202 valence electrons. The maximum atomic E-state index is 14.2. The fraction of sp³-hybridized carbons (Fsp3) is 0.300. The molecule has 0 aliphatic carbocycles. The van der Waals surface area contributed by atoms with Crippen molar-refractivity contribution in [1.29, 1.82) is 0 Å². The highest BCUT2D eigenvalue weighted by Gasteiger charge is 2.49. The van der Waals surface area contributed by atoms with E-state index in [1.165, 1.54) is 21.3 Å². The van der Waals surface area contributed by atoms with Gasteiger partial charge in [0.1, 0.15) is 5.75 Å². The highest BCUT2D eigenvalue weighted by atomic mass is 16.5. The van der Waals surface area contributed by atoms with E-state index in [0.717, 1.165) is 11.1 Å². The molecule has 0 N–H and O–H groups in total. The highest BCUT2D eigenvalue weighted by Crippen LogP contribution is 2.47. The van der Waals surface area contributed by atoms with Crippen LogP contribution in [0, 0.1) is 5.92 Å². The Kier molecular flexibility index (Phi) is 7.40. The summed E-state index contributed by atoms with van der Waals surface area (Å²) in [5.74, 6) is -0.362. The van der Waals surface area contributed by atoms with Gasteiger partial charge in [0.05, 0.1) is 45.0 Å². The van der Waals surface area contributed by atoms with E-state index >= 15 is 0 Å². The van der Waals surface area contributed by atoms with Crippen molar-refractivity contribution < 1.29 is 28.5 Å². The Morgan fingerprint density at radius 2 is 1.56 bits per heavy atom. The maximum absolute atomic E-state index is 14.2. The zero-order chi connectivity index (χ0) is 27.5. The summed E-state index contributed by atoms with van der Waals surface area (Å²) in [6, 6.07) is 20.2. The minimum Gasteiger partial charge on any atom is -0.496 e. The second kappa shape index (κ2) is 11.1. The maximum Gasteiger partial charge on any atom is 0.321 e. The average molecular weight is 530 g/mol. The number of esters is 1. The van der Waals surface area contributed by atoms with Crippen molar-refractivity contribution in [1.82, 2.24) is 9.55 Å². The predicted molar refractivity (Wildman–Crippen MR) is 147 cm³/mol. The zero-order valence-electron chi connectivity index (χ0n) is 22.4. The van der Waals surface area contributed by atoms with Gasteiger partial charge in [0, 0.05) is 18.2 Å². The molecule has 39 heavy (non-hydrogen) atoms. The lowest BCUT2D eigenvalue weighted by atomic mass is 9.88. The third-order valence-electron chi connectivity index (χ3n) is 7.01. The molecule has 9 nitrogen and oxygen atoms in total. The van der Waals surface area contributed by atoms with E-state index in [9.17, 15) is 9.59 Å². The summed E-state index contributed by atoms with van der Waals surface area (Å²) in [6.07, 6.45) is 0.593. The molecule has 4 aromatic rings. The van der Waals surface area contributed by atoms with E-state index in [-0.39, 0.29) is 12.5 Å². The summed E-state index contributed by atoms with van der Waals surface area (Å²) in [5.41, 5.74) is 3.14. The molecular formula is C30H31N3O6. The van der Waals surface area contributed by atoms with Crippen LogP contribution in [0.5, 0.6) is 17.2 Å². The van der Waals surface area contributed by atoms with Gasteiger partial charge in [0.25, 0.3) is 0 Å². The molecule has 0 unspecified atom stereocenters. The van der Waals surface area contributed by atoms with E-state index in [2.05, 4.69) is 0 Å². The molecule has 1 aliphatic heterocycles. The number of carbonyl (C=O) groups excluding carboxylic acids is 2. The second-order valence-electron chi connectivity index (χ2n) is 9.12. The highest BCUT2D eigenvalue weighted by molar-refractivity contribution is 6.08. The molecule has 0 radical (unpaired) electrons. The van der Waals surface area contributed by atoms with Gasteiger partial charge in [-0.3, -0.25) is 14.5 Å². The van der Waals surface area contributed by atoms with Gasteiger partial charge in [0.2, 0.25) is 11.9 Å². The summed E-state index contributed by atoms with van der Waals surface area (Å²) in [6.45, 7) is 2.21. The van der Waals surface area contributed by atoms with Gasteiger partial charge in [-0.15, -0.1) is 0 Å². The van der Waals surface area contributed by atoms with Crippen molar-refractivity contribution in [3.05, 3.63) is 77.9 Å². The number of rotatable bonds is 9. The average Bonchev–Trinajstić information content (AvgIpc) is 3.35. The SMILES string of the molecule is CCOC(=O)[C@H]1C(=O)N(CCc2ccccc2)c2nc3ccccc3n2[C@H]1c1cc(OC)c(OC)cc1OC. The Balaban J connectivity index is 1.74. The lowest BCUT2D eigenvalue weighted by Crippen LogP contribution is -2.50. The van der Waals surface area contributed by atoms with Crippen molar-refractivity contribution in [2.45, 2.75) is 19.4 Å². The molecule has 3 aromatic carbocycles. The molecule has 0 saturated carbocycles. The molecule has 0 saturated heterocycles. The summed E-state index contributed by atoms with van der Waals surface area (Å²) < 4.78 is 24.2. The summed E-state index contributed by atoms with van der Waals surface area (Å²) in [4.78, 5) is 34.3. The number of methoxy groups -OCH3 is 3. The third-order valence-corrected chi connectivity index (χ3v) is 7.01. The first-order chi connectivity index (χ1) is 19.0. The van der Waals surface area contributed by atoms with Crippen molar-refractivity contribution in [2.75, 3.05) is 39.4 Å². The van der Waals surface area contributed by atoms with Crippen molar-refractivity contribution in [3.8, 4) is 17.2 Å². The van der Waals surface area contributed by atoms with Crippen LogP contribution in [0.4, 0.5) is 5.95 Å². The van der Waals surface area contributed by atoms with Crippen LogP contribution in [0.25, 0.3) is 11.0 Å². The number of imidazole rings is 1. The minimum atomic E-state index is -1.18. The van der Waals surface area contributed by atoms with Gasteiger partial charge < -0.3 is 23.5 Å². The van der Waals surface area contributed by atoms with E-state index in [0.29, 0.717) is 47.2 Å². The molecule has 0 bridgehead atoms. The van der Waals surface area contributed by atoms with Crippen LogP contribution in [-0.4, -0.2) is 55.9 Å². The van der Waals surface area contributed by atoms with Crippen LogP contribution >= 0.6 is 0 Å². The number of ether oxygens (including phenoxy) is 4. The molecule has 0 spiro atoms. The fourth-order valence-corrected chi connectivity index (χ4v) is 5.21. The molecule has 1 aliphatic rings. The third kappa shape index (κ3) is 4.65. The first kappa shape index (κ1) is 26.1. The molecule has 2 atom stereocenters. The number of anilines is 1. The van der Waals surface area contributed by atoms with E-state index in [1.807, 2.05) is 59.2 Å². The second-order valence-corrected chi connectivity index (χ2v) is 9.12. The minimum absolute atomic E-state index is 0.139. The Morgan fingerprint density at radius 1 is 0.897 bits per heavy atom. The van der Waals surface area contributed by atoms with Gasteiger partial charge in [0.15, 0.2) is 17.4 Å². The normalized spacial score (nSPS) is 16.6. The smallest absolute Gasteiger partial charge is 0.321 e. The molecular weight excluding hydrogens is 498 g/mol. The van der Waals surface area contributed by atoms with E-state index < -0.39 is 17.9 Å². The van der Waals surface area contributed by atoms with Gasteiger partial charge in [-0.1, -0.05) is 42.5 Å². The van der Waals surface area contributed by atoms with Crippen LogP contribution in [0.1, 0.15) is 24.1 Å². The fourth-order valence-electron chi connectivity index (χ4n) is 5.21. The van der Waals surface area contributed by atoms with Crippen LogP contribution < -0.4 is 19.1 Å². The van der Waals surface area contributed by atoms with Crippen molar-refractivity contribution in [2.24, 2.45) is 5.92 Å². The van der Waals surface area contributed by atoms with E-state index in [4.69, 9.17) is 23.9 Å². The summed E-state index contributed by atoms with van der Waals surface area (Å²) in [7, 11) is 4.61. The number of carbonyl (C=O) groups is 2. The first-order valence-corrected chi connectivity index (χ1v) is 12.8. The lowest BCUT2D eigenvalue weighted by molar-refractivity contribution is -0.153. The van der Waals surface area contributed by atoms with Crippen molar-refractivity contribution >= 4 is 28.9 Å². The Bertz CT molecular complexity index is 1500.